The maximum Gasteiger partial charge on any atom is 0.271 e. The van der Waals surface area contributed by atoms with Gasteiger partial charge in [-0.1, -0.05) is 0 Å². The first-order valence-corrected chi connectivity index (χ1v) is 9.28. The van der Waals surface area contributed by atoms with Crippen molar-refractivity contribution in [1.29, 1.82) is 5.41 Å². The van der Waals surface area contributed by atoms with Crippen LogP contribution in [-0.4, -0.2) is 54.9 Å². The standard InChI is InChI=1S/C21H22N6O4/c1-12-7-15-17(30-12)8-13(20(28)26-19(22)11-25-23-2)9-18(15)31-14-5-6-16(24-10-14)21(29)27(3)4/h5-11,23H,1-4H3,(H2,22,26,28)/b25-11-. The highest BCUT2D eigenvalue weighted by Crippen LogP contribution is 2.33. The molecule has 0 unspecified atom stereocenters. The van der Waals surface area contributed by atoms with Gasteiger partial charge < -0.3 is 24.8 Å². The zero-order chi connectivity index (χ0) is 22.5. The zero-order valence-corrected chi connectivity index (χ0v) is 17.5. The summed E-state index contributed by atoms with van der Waals surface area (Å²) >= 11 is 0. The number of hydrogen-bond acceptors (Lipinski definition) is 8. The van der Waals surface area contributed by atoms with Crippen molar-refractivity contribution >= 4 is 34.8 Å². The smallest absolute Gasteiger partial charge is 0.271 e. The number of carbonyl (C=O) groups excluding carboxylic acids is 2. The Balaban J connectivity index is 1.90. The molecule has 3 rings (SSSR count). The molecular formula is C21H22N6O4. The summed E-state index contributed by atoms with van der Waals surface area (Å²) in [4.78, 5) is 30.1. The quantitative estimate of drug-likeness (QED) is 0.318. The van der Waals surface area contributed by atoms with Crippen LogP contribution in [0.25, 0.3) is 11.0 Å². The van der Waals surface area contributed by atoms with Gasteiger partial charge in [0.1, 0.15) is 34.4 Å². The van der Waals surface area contributed by atoms with Crippen LogP contribution >= 0.6 is 0 Å². The van der Waals surface area contributed by atoms with E-state index >= 15 is 0 Å². The van der Waals surface area contributed by atoms with Crippen molar-refractivity contribution in [2.75, 3.05) is 21.1 Å². The molecule has 0 atom stereocenters. The van der Waals surface area contributed by atoms with Crippen LogP contribution in [0.3, 0.4) is 0 Å². The molecule has 3 N–H and O–H groups in total. The first kappa shape index (κ1) is 21.5. The summed E-state index contributed by atoms with van der Waals surface area (Å²) in [5, 5.41) is 14.5. The van der Waals surface area contributed by atoms with Crippen LogP contribution in [0, 0.1) is 12.3 Å². The molecule has 0 radical (unpaired) electrons. The van der Waals surface area contributed by atoms with Gasteiger partial charge in [-0.25, -0.2) is 4.98 Å². The lowest BCUT2D eigenvalue weighted by atomic mass is 10.1. The summed E-state index contributed by atoms with van der Waals surface area (Å²) in [6.45, 7) is 1.79. The Kier molecular flexibility index (Phi) is 6.29. The third-order valence-electron chi connectivity index (χ3n) is 4.15. The number of aryl methyl sites for hydroxylation is 1. The van der Waals surface area contributed by atoms with Crippen molar-refractivity contribution in [1.82, 2.24) is 20.6 Å². The highest BCUT2D eigenvalue weighted by atomic mass is 16.5. The number of rotatable bonds is 6. The Morgan fingerprint density at radius 3 is 2.68 bits per heavy atom. The van der Waals surface area contributed by atoms with E-state index in [1.54, 1.807) is 58.4 Å². The molecule has 0 aliphatic rings. The summed E-state index contributed by atoms with van der Waals surface area (Å²) < 4.78 is 11.6. The van der Waals surface area contributed by atoms with Gasteiger partial charge in [-0.2, -0.15) is 5.10 Å². The van der Waals surface area contributed by atoms with Crippen molar-refractivity contribution in [3.63, 3.8) is 0 Å². The van der Waals surface area contributed by atoms with Crippen molar-refractivity contribution in [2.45, 2.75) is 6.92 Å². The summed E-state index contributed by atoms with van der Waals surface area (Å²) in [6, 6.07) is 8.11. The lowest BCUT2D eigenvalue weighted by Gasteiger charge is -2.11. The van der Waals surface area contributed by atoms with E-state index in [9.17, 15) is 9.59 Å². The van der Waals surface area contributed by atoms with E-state index in [1.807, 2.05) is 0 Å². The SMILES string of the molecule is CN/N=C\C(=N)NC(=O)c1cc(Oc2ccc(C(=O)N(C)C)nc2)c2cc(C)oc2c1. The Labute approximate surface area is 178 Å². The van der Waals surface area contributed by atoms with Crippen molar-refractivity contribution in [2.24, 2.45) is 5.10 Å². The predicted octanol–water partition coefficient (Wildman–Crippen LogP) is 2.54. The Hall–Kier alpha value is -4.21. The third-order valence-corrected chi connectivity index (χ3v) is 4.15. The van der Waals surface area contributed by atoms with E-state index < -0.39 is 5.91 Å². The summed E-state index contributed by atoms with van der Waals surface area (Å²) in [5.74, 6) is 0.505. The molecule has 0 aliphatic heterocycles. The number of furan rings is 1. The maximum atomic E-state index is 12.6. The molecule has 31 heavy (non-hydrogen) atoms. The fraction of sp³-hybridized carbons (Fsp3) is 0.190. The van der Waals surface area contributed by atoms with Crippen LogP contribution in [0.15, 0.2) is 46.0 Å². The van der Waals surface area contributed by atoms with Gasteiger partial charge in [0.05, 0.1) is 17.8 Å². The lowest BCUT2D eigenvalue weighted by Crippen LogP contribution is -2.31. The second-order valence-corrected chi connectivity index (χ2v) is 6.77. The van der Waals surface area contributed by atoms with Gasteiger partial charge >= 0.3 is 0 Å². The lowest BCUT2D eigenvalue weighted by molar-refractivity contribution is 0.0821. The Morgan fingerprint density at radius 2 is 2.03 bits per heavy atom. The molecule has 10 heteroatoms. The number of hydrogen-bond donors (Lipinski definition) is 3. The van der Waals surface area contributed by atoms with Gasteiger partial charge in [-0.15, -0.1) is 0 Å². The summed E-state index contributed by atoms with van der Waals surface area (Å²) in [7, 11) is 4.88. The van der Waals surface area contributed by atoms with Crippen molar-refractivity contribution in [3.05, 3.63) is 53.5 Å². The summed E-state index contributed by atoms with van der Waals surface area (Å²) in [6.07, 6.45) is 2.61. The van der Waals surface area contributed by atoms with Gasteiger partial charge in [0.15, 0.2) is 0 Å². The van der Waals surface area contributed by atoms with Gasteiger partial charge in [0.2, 0.25) is 0 Å². The number of hydrazone groups is 1. The number of amides is 2. The molecule has 0 saturated carbocycles. The van der Waals surface area contributed by atoms with Crippen LogP contribution < -0.4 is 15.5 Å². The second-order valence-electron chi connectivity index (χ2n) is 6.77. The summed E-state index contributed by atoms with van der Waals surface area (Å²) in [5.41, 5.74) is 3.50. The molecular weight excluding hydrogens is 400 g/mol. The second kappa shape index (κ2) is 9.08. The fourth-order valence-corrected chi connectivity index (χ4v) is 2.73. The molecule has 0 aliphatic carbocycles. The van der Waals surface area contributed by atoms with Gasteiger partial charge in [-0.05, 0) is 37.3 Å². The topological polar surface area (TPSA) is 133 Å². The molecule has 3 aromatic rings. The number of amidine groups is 1. The molecule has 10 nitrogen and oxygen atoms in total. The molecule has 0 bridgehead atoms. The number of fused-ring (bicyclic) bond motifs is 1. The molecule has 0 spiro atoms. The van der Waals surface area contributed by atoms with E-state index in [0.29, 0.717) is 28.2 Å². The van der Waals surface area contributed by atoms with E-state index in [-0.39, 0.29) is 23.0 Å². The maximum absolute atomic E-state index is 12.6. The average molecular weight is 422 g/mol. The first-order chi connectivity index (χ1) is 14.8. The van der Waals surface area contributed by atoms with Crippen molar-refractivity contribution in [3.8, 4) is 11.5 Å². The van der Waals surface area contributed by atoms with Gasteiger partial charge in [-0.3, -0.25) is 15.0 Å². The number of nitrogens with zero attached hydrogens (tertiary/aromatic N) is 3. The molecule has 2 amide bonds. The zero-order valence-electron chi connectivity index (χ0n) is 17.5. The van der Waals surface area contributed by atoms with Crippen LogP contribution in [0.4, 0.5) is 0 Å². The molecule has 1 aromatic carbocycles. The number of benzene rings is 1. The van der Waals surface area contributed by atoms with Crippen LogP contribution in [0.2, 0.25) is 0 Å². The minimum absolute atomic E-state index is 0.178. The molecule has 2 heterocycles. The Morgan fingerprint density at radius 1 is 1.26 bits per heavy atom. The van der Waals surface area contributed by atoms with Crippen LogP contribution in [0.5, 0.6) is 11.5 Å². The highest BCUT2D eigenvalue weighted by Gasteiger charge is 2.16. The highest BCUT2D eigenvalue weighted by molar-refractivity contribution is 6.32. The number of ether oxygens (including phenoxy) is 1. The minimum Gasteiger partial charge on any atom is -0.461 e. The number of carbonyl (C=O) groups is 2. The van der Waals surface area contributed by atoms with Gasteiger partial charge in [0, 0.05) is 26.7 Å². The Bertz CT molecular complexity index is 1160. The van der Waals surface area contributed by atoms with E-state index in [2.05, 4.69) is 20.8 Å². The molecule has 2 aromatic heterocycles. The number of pyridine rings is 1. The molecule has 160 valence electrons. The van der Waals surface area contributed by atoms with Gasteiger partial charge in [0.25, 0.3) is 11.8 Å². The fourth-order valence-electron chi connectivity index (χ4n) is 2.73. The van der Waals surface area contributed by atoms with E-state index in [4.69, 9.17) is 14.6 Å². The molecule has 0 saturated heterocycles. The predicted molar refractivity (Wildman–Crippen MR) is 116 cm³/mol. The average Bonchev–Trinajstić information content (AvgIpc) is 3.12. The van der Waals surface area contributed by atoms with Crippen LogP contribution in [-0.2, 0) is 0 Å². The van der Waals surface area contributed by atoms with E-state index in [0.717, 1.165) is 0 Å². The monoisotopic (exact) mass is 422 g/mol. The van der Waals surface area contributed by atoms with Crippen molar-refractivity contribution < 1.29 is 18.7 Å². The van der Waals surface area contributed by atoms with Crippen LogP contribution in [0.1, 0.15) is 26.6 Å². The van der Waals surface area contributed by atoms with E-state index in [1.165, 1.54) is 17.3 Å². The largest absolute Gasteiger partial charge is 0.461 e. The third kappa shape index (κ3) is 5.04. The molecule has 0 fully saturated rings. The number of aromatic nitrogens is 1. The minimum atomic E-state index is -0.515. The first-order valence-electron chi connectivity index (χ1n) is 9.28. The normalized spacial score (nSPS) is 10.8. The number of nitrogens with one attached hydrogen (secondary N) is 3.